The van der Waals surface area contributed by atoms with Crippen molar-refractivity contribution in [2.45, 2.75) is 6.61 Å². The third-order valence-corrected chi connectivity index (χ3v) is 4.04. The summed E-state index contributed by atoms with van der Waals surface area (Å²) in [6.07, 6.45) is 2.86. The van der Waals surface area contributed by atoms with Crippen molar-refractivity contribution in [3.63, 3.8) is 0 Å². The number of hydrogen-bond acceptors (Lipinski definition) is 5. The number of nitrogens with one attached hydrogen (secondary N) is 2. The number of carbonyl (C=O) groups excluding carboxylic acids is 2. The summed E-state index contributed by atoms with van der Waals surface area (Å²) < 4.78 is 12.2. The van der Waals surface area contributed by atoms with Crippen LogP contribution in [0.5, 0.6) is 11.5 Å². The number of carbonyl (C=O) groups is 2. The lowest BCUT2D eigenvalue weighted by Gasteiger charge is -2.13. The van der Waals surface area contributed by atoms with Crippen LogP contribution in [-0.4, -0.2) is 31.7 Å². The molecule has 146 valence electrons. The molecule has 28 heavy (non-hydrogen) atoms. The molecule has 8 heteroatoms. The molecule has 0 aliphatic rings. The molecule has 0 fully saturated rings. The van der Waals surface area contributed by atoms with E-state index in [4.69, 9.17) is 9.47 Å². The zero-order valence-electron chi connectivity index (χ0n) is 15.3. The molecule has 2 N–H and O–H groups in total. The van der Waals surface area contributed by atoms with Gasteiger partial charge < -0.3 is 14.8 Å². The number of hydrazone groups is 1. The predicted octanol–water partition coefficient (Wildman–Crippen LogP) is 2.79. The van der Waals surface area contributed by atoms with Gasteiger partial charge in [-0.1, -0.05) is 40.2 Å². The van der Waals surface area contributed by atoms with Gasteiger partial charge in [0.25, 0.3) is 0 Å². The van der Waals surface area contributed by atoms with Crippen molar-refractivity contribution in [2.75, 3.05) is 13.7 Å². The van der Waals surface area contributed by atoms with Crippen LogP contribution in [0.25, 0.3) is 0 Å². The zero-order chi connectivity index (χ0) is 20.4. The van der Waals surface area contributed by atoms with Crippen molar-refractivity contribution in [3.8, 4) is 11.5 Å². The van der Waals surface area contributed by atoms with E-state index in [1.807, 2.05) is 24.3 Å². The molecule has 0 bridgehead atoms. The lowest BCUT2D eigenvalue weighted by atomic mass is 10.2. The van der Waals surface area contributed by atoms with Crippen LogP contribution >= 0.6 is 15.9 Å². The van der Waals surface area contributed by atoms with Crippen molar-refractivity contribution >= 4 is 34.0 Å². The molecule has 2 aromatic rings. The van der Waals surface area contributed by atoms with Crippen molar-refractivity contribution in [1.29, 1.82) is 0 Å². The molecule has 0 spiro atoms. The van der Waals surface area contributed by atoms with E-state index in [9.17, 15) is 9.59 Å². The molecule has 0 atom stereocenters. The number of rotatable bonds is 8. The van der Waals surface area contributed by atoms with E-state index in [1.54, 1.807) is 18.2 Å². The number of methoxy groups -OCH3 is 1. The molecular weight excluding hydrogens is 426 g/mol. The van der Waals surface area contributed by atoms with Crippen LogP contribution in [-0.2, 0) is 16.2 Å². The summed E-state index contributed by atoms with van der Waals surface area (Å²) in [5, 5.41) is 6.18. The molecule has 0 saturated carbocycles. The average molecular weight is 446 g/mol. The highest BCUT2D eigenvalue weighted by molar-refractivity contribution is 9.10. The molecule has 0 aliphatic heterocycles. The maximum absolute atomic E-state index is 11.7. The Morgan fingerprint density at radius 2 is 1.93 bits per heavy atom. The van der Waals surface area contributed by atoms with Crippen LogP contribution < -0.4 is 20.2 Å². The van der Waals surface area contributed by atoms with Gasteiger partial charge in [-0.25, -0.2) is 5.43 Å². The van der Waals surface area contributed by atoms with Gasteiger partial charge >= 0.3 is 11.8 Å². The number of hydrogen-bond donors (Lipinski definition) is 2. The fraction of sp³-hybridized carbons (Fsp3) is 0.150. The van der Waals surface area contributed by atoms with Crippen molar-refractivity contribution in [1.82, 2.24) is 10.7 Å². The van der Waals surface area contributed by atoms with Crippen LogP contribution in [0.3, 0.4) is 0 Å². The highest BCUT2D eigenvalue weighted by Crippen LogP contribution is 2.30. The number of halogens is 1. The fourth-order valence-corrected chi connectivity index (χ4v) is 2.41. The van der Waals surface area contributed by atoms with E-state index >= 15 is 0 Å². The largest absolute Gasteiger partial charge is 0.493 e. The number of benzene rings is 2. The highest BCUT2D eigenvalue weighted by Gasteiger charge is 2.12. The Morgan fingerprint density at radius 1 is 1.18 bits per heavy atom. The first-order chi connectivity index (χ1) is 13.5. The van der Waals surface area contributed by atoms with Crippen molar-refractivity contribution < 1.29 is 19.1 Å². The van der Waals surface area contributed by atoms with E-state index in [1.165, 1.54) is 19.4 Å². The van der Waals surface area contributed by atoms with Gasteiger partial charge in [0, 0.05) is 16.6 Å². The van der Waals surface area contributed by atoms with Gasteiger partial charge in [0.1, 0.15) is 6.61 Å². The molecule has 0 radical (unpaired) electrons. The molecule has 2 amide bonds. The first-order valence-electron chi connectivity index (χ1n) is 8.31. The van der Waals surface area contributed by atoms with E-state index in [2.05, 4.69) is 38.4 Å². The molecule has 0 aromatic heterocycles. The minimum absolute atomic E-state index is 0.194. The highest BCUT2D eigenvalue weighted by atomic mass is 79.9. The first kappa shape index (κ1) is 21.2. The van der Waals surface area contributed by atoms with Crippen molar-refractivity contribution in [2.24, 2.45) is 5.10 Å². The number of para-hydroxylation sites is 1. The molecule has 2 rings (SSSR count). The second-order valence-corrected chi connectivity index (χ2v) is 6.41. The first-order valence-corrected chi connectivity index (χ1v) is 9.10. The Morgan fingerprint density at radius 3 is 2.61 bits per heavy atom. The monoisotopic (exact) mass is 445 g/mol. The third kappa shape index (κ3) is 6.24. The lowest BCUT2D eigenvalue weighted by molar-refractivity contribution is -0.139. The maximum atomic E-state index is 11.7. The molecule has 0 unspecified atom stereocenters. The second-order valence-electron chi connectivity index (χ2n) is 5.49. The number of amides is 2. The standard InChI is InChI=1S/C20H20BrN3O4/c1-3-11-22-19(25)20(26)24-23-12-15-5-4-6-17(27-2)18(15)28-13-14-7-9-16(21)10-8-14/h3-10,12H,1,11,13H2,2H3,(H,22,25)(H,24,26)/b23-12-. The Balaban J connectivity index is 2.09. The molecule has 0 saturated heterocycles. The van der Waals surface area contributed by atoms with Crippen LogP contribution in [0.15, 0.2) is 64.7 Å². The summed E-state index contributed by atoms with van der Waals surface area (Å²) in [5.41, 5.74) is 3.73. The molecule has 0 aliphatic carbocycles. The SMILES string of the molecule is C=CCNC(=O)C(=O)N/N=C\c1cccc(OC)c1OCc1ccc(Br)cc1. The zero-order valence-corrected chi connectivity index (χ0v) is 16.9. The summed E-state index contributed by atoms with van der Waals surface area (Å²) in [5.74, 6) is -0.675. The van der Waals surface area contributed by atoms with Gasteiger partial charge in [-0.2, -0.15) is 5.10 Å². The van der Waals surface area contributed by atoms with Gasteiger partial charge in [-0.15, -0.1) is 6.58 Å². The Kier molecular flexibility index (Phi) is 8.23. The third-order valence-electron chi connectivity index (χ3n) is 3.51. The summed E-state index contributed by atoms with van der Waals surface area (Å²) in [7, 11) is 1.54. The topological polar surface area (TPSA) is 89.0 Å². The van der Waals surface area contributed by atoms with Gasteiger partial charge in [0.05, 0.1) is 13.3 Å². The fourth-order valence-electron chi connectivity index (χ4n) is 2.14. The van der Waals surface area contributed by atoms with Crippen molar-refractivity contribution in [3.05, 3.63) is 70.7 Å². The molecular formula is C20H20BrN3O4. The van der Waals surface area contributed by atoms with E-state index in [0.29, 0.717) is 23.7 Å². The minimum atomic E-state index is -0.877. The van der Waals surface area contributed by atoms with Crippen LogP contribution in [0.2, 0.25) is 0 Å². The van der Waals surface area contributed by atoms with Crippen LogP contribution in [0.1, 0.15) is 11.1 Å². The average Bonchev–Trinajstić information content (AvgIpc) is 2.71. The Labute approximate surface area is 171 Å². The van der Waals surface area contributed by atoms with Crippen LogP contribution in [0.4, 0.5) is 0 Å². The maximum Gasteiger partial charge on any atom is 0.329 e. The van der Waals surface area contributed by atoms with Gasteiger partial charge in [-0.05, 0) is 29.8 Å². The quantitative estimate of drug-likeness (QED) is 0.283. The summed E-state index contributed by atoms with van der Waals surface area (Å²) in [6.45, 7) is 3.98. The number of nitrogens with zero attached hydrogens (tertiary/aromatic N) is 1. The van der Waals surface area contributed by atoms with Gasteiger partial charge in [0.2, 0.25) is 0 Å². The molecule has 0 heterocycles. The van der Waals surface area contributed by atoms with E-state index < -0.39 is 11.8 Å². The predicted molar refractivity (Wildman–Crippen MR) is 110 cm³/mol. The minimum Gasteiger partial charge on any atom is -0.493 e. The lowest BCUT2D eigenvalue weighted by Crippen LogP contribution is -2.37. The van der Waals surface area contributed by atoms with E-state index in [-0.39, 0.29) is 6.54 Å². The summed E-state index contributed by atoms with van der Waals surface area (Å²) >= 11 is 3.39. The molecule has 7 nitrogen and oxygen atoms in total. The van der Waals surface area contributed by atoms with Crippen LogP contribution in [0, 0.1) is 0 Å². The molecule has 2 aromatic carbocycles. The van der Waals surface area contributed by atoms with Gasteiger partial charge in [-0.3, -0.25) is 9.59 Å². The summed E-state index contributed by atoms with van der Waals surface area (Å²) in [6, 6.07) is 13.0. The Bertz CT molecular complexity index is 866. The number of ether oxygens (including phenoxy) is 2. The van der Waals surface area contributed by atoms with Gasteiger partial charge in [0.15, 0.2) is 11.5 Å². The second kappa shape index (κ2) is 10.9. The summed E-state index contributed by atoms with van der Waals surface area (Å²) in [4.78, 5) is 23.2. The smallest absolute Gasteiger partial charge is 0.329 e. The van der Waals surface area contributed by atoms with E-state index in [0.717, 1.165) is 10.0 Å². The normalized spacial score (nSPS) is 10.4. The Hall–Kier alpha value is -3.13.